The summed E-state index contributed by atoms with van der Waals surface area (Å²) in [5.74, 6) is 2.56. The van der Waals surface area contributed by atoms with E-state index in [0.29, 0.717) is 18.0 Å². The molecular formula is C9H17N. The predicted octanol–water partition coefficient (Wildman–Crippen LogP) is 1.64. The van der Waals surface area contributed by atoms with Crippen molar-refractivity contribution >= 4 is 0 Å². The molecule has 0 rings (SSSR count). The van der Waals surface area contributed by atoms with E-state index in [1.807, 2.05) is 0 Å². The fraction of sp³-hybridized carbons (Fsp3) is 0.778. The van der Waals surface area contributed by atoms with Crippen molar-refractivity contribution in [2.45, 2.75) is 33.7 Å². The van der Waals surface area contributed by atoms with Crippen LogP contribution >= 0.6 is 0 Å². The van der Waals surface area contributed by atoms with E-state index in [4.69, 9.17) is 6.42 Å². The van der Waals surface area contributed by atoms with Crippen molar-refractivity contribution < 1.29 is 0 Å². The second kappa shape index (κ2) is 3.63. The van der Waals surface area contributed by atoms with E-state index < -0.39 is 0 Å². The van der Waals surface area contributed by atoms with E-state index in [1.54, 1.807) is 0 Å². The third kappa shape index (κ3) is 3.53. The van der Waals surface area contributed by atoms with Crippen LogP contribution in [0.25, 0.3) is 0 Å². The zero-order valence-corrected chi connectivity index (χ0v) is 7.36. The van der Waals surface area contributed by atoms with E-state index in [1.165, 1.54) is 0 Å². The highest BCUT2D eigenvalue weighted by atomic mass is 14.9. The van der Waals surface area contributed by atoms with Crippen molar-refractivity contribution in [3.05, 3.63) is 0 Å². The van der Waals surface area contributed by atoms with Crippen molar-refractivity contribution in [2.24, 2.45) is 5.41 Å². The van der Waals surface area contributed by atoms with Gasteiger partial charge in [-0.25, -0.2) is 0 Å². The average molecular weight is 139 g/mol. The van der Waals surface area contributed by atoms with Gasteiger partial charge >= 0.3 is 0 Å². The van der Waals surface area contributed by atoms with Crippen LogP contribution < -0.4 is 5.32 Å². The minimum atomic E-state index is 0.302. The summed E-state index contributed by atoms with van der Waals surface area (Å²) < 4.78 is 0. The minimum Gasteiger partial charge on any atom is -0.303 e. The van der Waals surface area contributed by atoms with Gasteiger partial charge in [-0.1, -0.05) is 26.7 Å². The van der Waals surface area contributed by atoms with Crippen LogP contribution in [0.5, 0.6) is 0 Å². The number of hydrogen-bond donors (Lipinski definition) is 1. The molecule has 0 spiro atoms. The van der Waals surface area contributed by atoms with E-state index >= 15 is 0 Å². The van der Waals surface area contributed by atoms with Crippen molar-refractivity contribution in [2.75, 3.05) is 6.54 Å². The van der Waals surface area contributed by atoms with Gasteiger partial charge in [0.2, 0.25) is 0 Å². The number of terminal acetylenes is 1. The second-order valence-corrected chi connectivity index (χ2v) is 3.67. The zero-order chi connectivity index (χ0) is 8.20. The minimum absolute atomic E-state index is 0.302. The van der Waals surface area contributed by atoms with Crippen LogP contribution in [-0.2, 0) is 0 Å². The fourth-order valence-corrected chi connectivity index (χ4v) is 0.518. The first kappa shape index (κ1) is 9.52. The van der Waals surface area contributed by atoms with Gasteiger partial charge < -0.3 is 5.32 Å². The maximum atomic E-state index is 5.11. The van der Waals surface area contributed by atoms with E-state index in [0.717, 1.165) is 0 Å². The summed E-state index contributed by atoms with van der Waals surface area (Å²) in [4.78, 5) is 0. The van der Waals surface area contributed by atoms with Gasteiger partial charge in [0.1, 0.15) is 0 Å². The molecule has 0 saturated heterocycles. The molecule has 0 fully saturated rings. The van der Waals surface area contributed by atoms with Crippen molar-refractivity contribution in [1.82, 2.24) is 5.32 Å². The number of rotatable bonds is 2. The highest BCUT2D eigenvalue weighted by Gasteiger charge is 2.18. The molecule has 1 heteroatoms. The van der Waals surface area contributed by atoms with Crippen LogP contribution in [0, 0.1) is 17.8 Å². The van der Waals surface area contributed by atoms with Gasteiger partial charge in [0.05, 0.1) is 6.54 Å². The van der Waals surface area contributed by atoms with E-state index in [9.17, 15) is 0 Å². The van der Waals surface area contributed by atoms with Gasteiger partial charge in [0, 0.05) is 6.04 Å². The first-order valence-corrected chi connectivity index (χ1v) is 3.65. The molecule has 0 heterocycles. The smallest absolute Gasteiger partial charge is 0.0576 e. The predicted molar refractivity (Wildman–Crippen MR) is 45.8 cm³/mol. The first-order valence-electron chi connectivity index (χ1n) is 3.65. The summed E-state index contributed by atoms with van der Waals surface area (Å²) in [6.45, 7) is 9.40. The molecule has 0 saturated carbocycles. The zero-order valence-electron chi connectivity index (χ0n) is 7.36. The monoisotopic (exact) mass is 139 g/mol. The molecule has 0 amide bonds. The maximum absolute atomic E-state index is 5.11. The van der Waals surface area contributed by atoms with Crippen LogP contribution in [0.15, 0.2) is 0 Å². The molecule has 0 aromatic carbocycles. The summed E-state index contributed by atoms with van der Waals surface area (Å²) >= 11 is 0. The van der Waals surface area contributed by atoms with Gasteiger partial charge in [-0.3, -0.25) is 0 Å². The second-order valence-electron chi connectivity index (χ2n) is 3.67. The quantitative estimate of drug-likeness (QED) is 0.573. The van der Waals surface area contributed by atoms with Gasteiger partial charge in [-0.15, -0.1) is 6.42 Å². The Morgan fingerprint density at radius 1 is 1.50 bits per heavy atom. The Kier molecular flexibility index (Phi) is 3.46. The Bertz CT molecular complexity index is 125. The normalized spacial score (nSPS) is 14.3. The SMILES string of the molecule is C#CCNC(C)C(C)(C)C. The molecule has 0 aromatic heterocycles. The Balaban J connectivity index is 3.65. The Morgan fingerprint density at radius 2 is 2.00 bits per heavy atom. The van der Waals surface area contributed by atoms with Crippen LogP contribution in [-0.4, -0.2) is 12.6 Å². The summed E-state index contributed by atoms with van der Waals surface area (Å²) in [7, 11) is 0. The standard InChI is InChI=1S/C9H17N/c1-6-7-10-8(2)9(3,4)5/h1,8,10H,7H2,2-5H3. The lowest BCUT2D eigenvalue weighted by atomic mass is 9.88. The molecule has 1 nitrogen and oxygen atoms in total. The maximum Gasteiger partial charge on any atom is 0.0576 e. The lowest BCUT2D eigenvalue weighted by molar-refractivity contribution is 0.295. The van der Waals surface area contributed by atoms with E-state index in [-0.39, 0.29) is 0 Å². The molecular weight excluding hydrogens is 122 g/mol. The summed E-state index contributed by atoms with van der Waals surface area (Å²) in [5.41, 5.74) is 0.302. The van der Waals surface area contributed by atoms with Crippen LogP contribution in [0.1, 0.15) is 27.7 Å². The van der Waals surface area contributed by atoms with Crippen molar-refractivity contribution in [3.8, 4) is 12.3 Å². The third-order valence-corrected chi connectivity index (χ3v) is 1.81. The molecule has 0 aliphatic rings. The average Bonchev–Trinajstić information content (AvgIpc) is 1.80. The van der Waals surface area contributed by atoms with Crippen LogP contribution in [0.3, 0.4) is 0 Å². The highest BCUT2D eigenvalue weighted by Crippen LogP contribution is 2.17. The van der Waals surface area contributed by atoms with Gasteiger partial charge in [-0.05, 0) is 12.3 Å². The molecule has 0 aromatic rings. The Morgan fingerprint density at radius 3 is 2.30 bits per heavy atom. The molecule has 10 heavy (non-hydrogen) atoms. The largest absolute Gasteiger partial charge is 0.303 e. The van der Waals surface area contributed by atoms with Gasteiger partial charge in [0.15, 0.2) is 0 Å². The van der Waals surface area contributed by atoms with E-state index in [2.05, 4.69) is 38.9 Å². The lowest BCUT2D eigenvalue weighted by Gasteiger charge is -2.27. The Hall–Kier alpha value is -0.480. The van der Waals surface area contributed by atoms with Crippen LogP contribution in [0.4, 0.5) is 0 Å². The molecule has 0 bridgehead atoms. The first-order chi connectivity index (χ1) is 4.48. The van der Waals surface area contributed by atoms with Crippen LogP contribution in [0.2, 0.25) is 0 Å². The number of hydrogen-bond acceptors (Lipinski definition) is 1. The Labute approximate surface area is 64.2 Å². The summed E-state index contributed by atoms with van der Waals surface area (Å²) in [5, 5.41) is 3.24. The lowest BCUT2D eigenvalue weighted by Crippen LogP contribution is -2.37. The molecule has 1 atom stereocenters. The van der Waals surface area contributed by atoms with Gasteiger partial charge in [-0.2, -0.15) is 0 Å². The summed E-state index contributed by atoms with van der Waals surface area (Å²) in [6, 6.07) is 0.476. The molecule has 0 aliphatic heterocycles. The fourth-order valence-electron chi connectivity index (χ4n) is 0.518. The topological polar surface area (TPSA) is 12.0 Å². The summed E-state index contributed by atoms with van der Waals surface area (Å²) in [6.07, 6.45) is 5.11. The molecule has 1 unspecified atom stereocenters. The van der Waals surface area contributed by atoms with Crippen molar-refractivity contribution in [1.29, 1.82) is 0 Å². The van der Waals surface area contributed by atoms with Gasteiger partial charge in [0.25, 0.3) is 0 Å². The molecule has 0 radical (unpaired) electrons. The molecule has 58 valence electrons. The highest BCUT2D eigenvalue weighted by molar-refractivity contribution is 4.89. The van der Waals surface area contributed by atoms with Crippen molar-refractivity contribution in [3.63, 3.8) is 0 Å². The molecule has 1 N–H and O–H groups in total. The molecule has 0 aliphatic carbocycles. The third-order valence-electron chi connectivity index (χ3n) is 1.81. The number of nitrogens with one attached hydrogen (secondary N) is 1.